The number of benzene rings is 1. The largest absolute Gasteiger partial charge is 0.329 e. The van der Waals surface area contributed by atoms with Gasteiger partial charge < -0.3 is 11.1 Å². The topological polar surface area (TPSA) is 98.2 Å². The molecule has 0 heterocycles. The number of nitrogens with two attached hydrogens (primary N) is 2. The van der Waals surface area contributed by atoms with E-state index in [4.69, 9.17) is 10.9 Å². The van der Waals surface area contributed by atoms with Crippen molar-refractivity contribution >= 4 is 10.0 Å². The normalized spacial score (nSPS) is 13.7. The number of nitrogens with one attached hydrogen (secondary N) is 1. The van der Waals surface area contributed by atoms with Crippen molar-refractivity contribution < 1.29 is 8.42 Å². The van der Waals surface area contributed by atoms with E-state index in [-0.39, 0.29) is 10.9 Å². The Morgan fingerprint density at radius 1 is 1.44 bits per heavy atom. The fourth-order valence-electron chi connectivity index (χ4n) is 1.21. The zero-order chi connectivity index (χ0) is 12.2. The molecule has 6 heteroatoms. The number of sulfonamides is 1. The van der Waals surface area contributed by atoms with E-state index in [9.17, 15) is 8.42 Å². The smallest absolute Gasteiger partial charge is 0.238 e. The summed E-state index contributed by atoms with van der Waals surface area (Å²) in [5.41, 5.74) is 6.32. The highest BCUT2D eigenvalue weighted by molar-refractivity contribution is 7.89. The molecule has 0 spiro atoms. The Labute approximate surface area is 95.9 Å². The molecule has 1 aromatic rings. The van der Waals surface area contributed by atoms with Gasteiger partial charge in [-0.1, -0.05) is 12.1 Å². The van der Waals surface area contributed by atoms with Crippen LogP contribution >= 0.6 is 0 Å². The molecule has 1 unspecified atom stereocenters. The molecule has 90 valence electrons. The molecule has 0 aromatic heterocycles. The highest BCUT2D eigenvalue weighted by Gasteiger charge is 2.07. The summed E-state index contributed by atoms with van der Waals surface area (Å²) in [6, 6.07) is 6.74. The number of primary sulfonamides is 1. The second-order valence-corrected chi connectivity index (χ2v) is 5.27. The van der Waals surface area contributed by atoms with Crippen LogP contribution in [-0.4, -0.2) is 21.0 Å². The van der Waals surface area contributed by atoms with Crippen LogP contribution in [0, 0.1) is 0 Å². The molecular formula is C10H17N3O2S. The molecule has 5 N–H and O–H groups in total. The fourth-order valence-corrected chi connectivity index (χ4v) is 1.79. The SMILES string of the molecule is CC(CN)NCc1cccc(S(N)(=O)=O)c1. The van der Waals surface area contributed by atoms with E-state index in [1.165, 1.54) is 6.07 Å². The summed E-state index contributed by atoms with van der Waals surface area (Å²) in [6.07, 6.45) is 0. The van der Waals surface area contributed by atoms with Crippen LogP contribution in [0.5, 0.6) is 0 Å². The molecule has 0 fully saturated rings. The number of hydrogen-bond acceptors (Lipinski definition) is 4. The maximum atomic E-state index is 11.1. The summed E-state index contributed by atoms with van der Waals surface area (Å²) in [5, 5.41) is 8.21. The van der Waals surface area contributed by atoms with Crippen LogP contribution in [0.3, 0.4) is 0 Å². The van der Waals surface area contributed by atoms with Gasteiger partial charge in [-0.15, -0.1) is 0 Å². The zero-order valence-electron chi connectivity index (χ0n) is 9.18. The first-order chi connectivity index (χ1) is 7.43. The lowest BCUT2D eigenvalue weighted by molar-refractivity contribution is 0.555. The number of hydrogen-bond donors (Lipinski definition) is 3. The Kier molecular flexibility index (Phi) is 4.43. The van der Waals surface area contributed by atoms with Crippen molar-refractivity contribution in [2.45, 2.75) is 24.4 Å². The molecule has 1 atom stereocenters. The first kappa shape index (κ1) is 13.1. The summed E-state index contributed by atoms with van der Waals surface area (Å²) in [7, 11) is -3.62. The molecule has 1 aromatic carbocycles. The van der Waals surface area contributed by atoms with Gasteiger partial charge in [-0.2, -0.15) is 0 Å². The fraction of sp³-hybridized carbons (Fsp3) is 0.400. The Morgan fingerprint density at radius 3 is 2.69 bits per heavy atom. The molecule has 5 nitrogen and oxygen atoms in total. The van der Waals surface area contributed by atoms with Crippen LogP contribution in [0.25, 0.3) is 0 Å². The van der Waals surface area contributed by atoms with Gasteiger partial charge in [-0.25, -0.2) is 13.6 Å². The minimum Gasteiger partial charge on any atom is -0.329 e. The van der Waals surface area contributed by atoms with Crippen LogP contribution in [0.1, 0.15) is 12.5 Å². The maximum absolute atomic E-state index is 11.1. The van der Waals surface area contributed by atoms with Gasteiger partial charge >= 0.3 is 0 Å². The lowest BCUT2D eigenvalue weighted by Gasteiger charge is -2.11. The zero-order valence-corrected chi connectivity index (χ0v) is 10.00. The molecular weight excluding hydrogens is 226 g/mol. The molecule has 0 saturated carbocycles. The molecule has 0 bridgehead atoms. The lowest BCUT2D eigenvalue weighted by atomic mass is 10.2. The van der Waals surface area contributed by atoms with E-state index >= 15 is 0 Å². The van der Waals surface area contributed by atoms with Crippen LogP contribution in [-0.2, 0) is 16.6 Å². The third kappa shape index (κ3) is 3.90. The monoisotopic (exact) mass is 243 g/mol. The summed E-state index contributed by atoms with van der Waals surface area (Å²) >= 11 is 0. The van der Waals surface area contributed by atoms with Crippen molar-refractivity contribution in [3.8, 4) is 0 Å². The van der Waals surface area contributed by atoms with E-state index in [0.29, 0.717) is 13.1 Å². The summed E-state index contributed by atoms with van der Waals surface area (Å²) in [5.74, 6) is 0. The molecule has 0 aliphatic heterocycles. The first-order valence-corrected chi connectivity index (χ1v) is 6.53. The summed E-state index contributed by atoms with van der Waals surface area (Å²) in [6.45, 7) is 3.07. The summed E-state index contributed by atoms with van der Waals surface area (Å²) in [4.78, 5) is 0.132. The molecule has 16 heavy (non-hydrogen) atoms. The molecule has 0 radical (unpaired) electrons. The van der Waals surface area contributed by atoms with E-state index in [1.807, 2.05) is 13.0 Å². The standard InChI is InChI=1S/C10H17N3O2S/c1-8(6-11)13-7-9-3-2-4-10(5-9)16(12,14)15/h2-5,8,13H,6-7,11H2,1H3,(H2,12,14,15). The Morgan fingerprint density at radius 2 is 2.12 bits per heavy atom. The van der Waals surface area contributed by atoms with Gasteiger partial charge in [-0.05, 0) is 24.6 Å². The second-order valence-electron chi connectivity index (χ2n) is 3.71. The first-order valence-electron chi connectivity index (χ1n) is 4.98. The average Bonchev–Trinajstić information content (AvgIpc) is 2.25. The lowest BCUT2D eigenvalue weighted by Crippen LogP contribution is -2.32. The van der Waals surface area contributed by atoms with Crippen molar-refractivity contribution in [3.05, 3.63) is 29.8 Å². The van der Waals surface area contributed by atoms with E-state index in [1.54, 1.807) is 12.1 Å². The van der Waals surface area contributed by atoms with Crippen molar-refractivity contribution in [1.29, 1.82) is 0 Å². The Bertz CT molecular complexity index is 445. The van der Waals surface area contributed by atoms with Gasteiger partial charge in [0, 0.05) is 19.1 Å². The van der Waals surface area contributed by atoms with Gasteiger partial charge in [0.15, 0.2) is 0 Å². The average molecular weight is 243 g/mol. The highest BCUT2D eigenvalue weighted by Crippen LogP contribution is 2.09. The predicted octanol–water partition coefficient (Wildman–Crippen LogP) is -0.229. The molecule has 0 aliphatic carbocycles. The van der Waals surface area contributed by atoms with Gasteiger partial charge in [0.1, 0.15) is 0 Å². The van der Waals surface area contributed by atoms with Gasteiger partial charge in [0.25, 0.3) is 0 Å². The van der Waals surface area contributed by atoms with Crippen LogP contribution in [0.2, 0.25) is 0 Å². The van der Waals surface area contributed by atoms with Gasteiger partial charge in [0.05, 0.1) is 4.90 Å². The highest BCUT2D eigenvalue weighted by atomic mass is 32.2. The van der Waals surface area contributed by atoms with Crippen LogP contribution in [0.4, 0.5) is 0 Å². The van der Waals surface area contributed by atoms with Gasteiger partial charge in [-0.3, -0.25) is 0 Å². The van der Waals surface area contributed by atoms with Crippen molar-refractivity contribution in [2.75, 3.05) is 6.54 Å². The quantitative estimate of drug-likeness (QED) is 0.665. The Balaban J connectivity index is 2.76. The number of rotatable bonds is 5. The maximum Gasteiger partial charge on any atom is 0.238 e. The van der Waals surface area contributed by atoms with Crippen molar-refractivity contribution in [3.63, 3.8) is 0 Å². The molecule has 1 rings (SSSR count). The second kappa shape index (κ2) is 5.40. The third-order valence-electron chi connectivity index (χ3n) is 2.24. The summed E-state index contributed by atoms with van der Waals surface area (Å²) < 4.78 is 22.2. The van der Waals surface area contributed by atoms with E-state index in [2.05, 4.69) is 5.32 Å². The van der Waals surface area contributed by atoms with Crippen molar-refractivity contribution in [1.82, 2.24) is 5.32 Å². The molecule has 0 amide bonds. The molecule has 0 aliphatic rings. The minimum absolute atomic E-state index is 0.132. The van der Waals surface area contributed by atoms with E-state index < -0.39 is 10.0 Å². The van der Waals surface area contributed by atoms with Gasteiger partial charge in [0.2, 0.25) is 10.0 Å². The Hall–Kier alpha value is -0.950. The van der Waals surface area contributed by atoms with Crippen LogP contribution in [0.15, 0.2) is 29.2 Å². The van der Waals surface area contributed by atoms with Crippen molar-refractivity contribution in [2.24, 2.45) is 10.9 Å². The third-order valence-corrected chi connectivity index (χ3v) is 3.15. The van der Waals surface area contributed by atoms with E-state index in [0.717, 1.165) is 5.56 Å². The predicted molar refractivity (Wildman–Crippen MR) is 63.2 cm³/mol. The molecule has 0 saturated heterocycles. The minimum atomic E-state index is -3.62. The van der Waals surface area contributed by atoms with Crippen LogP contribution < -0.4 is 16.2 Å².